The van der Waals surface area contributed by atoms with Crippen LogP contribution in [0.3, 0.4) is 0 Å². The van der Waals surface area contributed by atoms with Gasteiger partial charge in [-0.1, -0.05) is 84.9 Å². The fraction of sp³-hybridized carbons (Fsp3) is 0.0667. The molecule has 0 fully saturated rings. The molecule has 164 valence electrons. The first kappa shape index (κ1) is 20.2. The zero-order chi connectivity index (χ0) is 23.1. The Labute approximate surface area is 196 Å². The third-order valence-corrected chi connectivity index (χ3v) is 6.26. The number of benzene rings is 4. The molecule has 2 aliphatic rings. The Kier molecular flexibility index (Phi) is 4.84. The first-order valence-electron chi connectivity index (χ1n) is 11.2. The lowest BCUT2D eigenvalue weighted by Gasteiger charge is -2.28. The van der Waals surface area contributed by atoms with Gasteiger partial charge >= 0.3 is 11.9 Å². The molecule has 0 N–H and O–H groups in total. The van der Waals surface area contributed by atoms with Crippen LogP contribution in [0.5, 0.6) is 11.5 Å². The van der Waals surface area contributed by atoms with Gasteiger partial charge in [0.1, 0.15) is 0 Å². The number of hydrogen-bond donors (Lipinski definition) is 0. The Bertz CT molecular complexity index is 1400. The number of carbonyl (C=O) groups is 2. The fourth-order valence-corrected chi connectivity index (χ4v) is 4.66. The minimum Gasteiger partial charge on any atom is -0.419 e. The predicted molar refractivity (Wildman–Crippen MR) is 131 cm³/mol. The van der Waals surface area contributed by atoms with Crippen LogP contribution in [0.15, 0.2) is 96.1 Å². The Morgan fingerprint density at radius 1 is 0.529 bits per heavy atom. The topological polar surface area (TPSA) is 52.6 Å². The third kappa shape index (κ3) is 3.50. The minimum absolute atomic E-state index is 0.357. The molecule has 2 heterocycles. The summed E-state index contributed by atoms with van der Waals surface area (Å²) in [6.07, 6.45) is 4.51. The van der Waals surface area contributed by atoms with Crippen molar-refractivity contribution in [1.29, 1.82) is 0 Å². The van der Waals surface area contributed by atoms with Gasteiger partial charge in [0.25, 0.3) is 0 Å². The molecule has 0 saturated heterocycles. The van der Waals surface area contributed by atoms with E-state index in [0.717, 1.165) is 33.0 Å². The van der Waals surface area contributed by atoms with E-state index in [-0.39, 0.29) is 0 Å². The van der Waals surface area contributed by atoms with Crippen molar-refractivity contribution in [2.24, 2.45) is 0 Å². The second-order valence-corrected chi connectivity index (χ2v) is 8.45. The van der Waals surface area contributed by atoms with Gasteiger partial charge in [-0.2, -0.15) is 0 Å². The number of hydrogen-bond acceptors (Lipinski definition) is 4. The quantitative estimate of drug-likeness (QED) is 0.218. The molecule has 4 nitrogen and oxygen atoms in total. The Morgan fingerprint density at radius 2 is 0.912 bits per heavy atom. The highest BCUT2D eigenvalue weighted by Crippen LogP contribution is 2.48. The van der Waals surface area contributed by atoms with Crippen LogP contribution < -0.4 is 9.47 Å². The average Bonchev–Trinajstić information content (AvgIpc) is 2.87. The van der Waals surface area contributed by atoms with E-state index in [2.05, 4.69) is 0 Å². The number of esters is 2. The standard InChI is InChI=1S/C30H20O4/c31-29-21(15-19-9-3-1-4-10-19)17-25-23-13-7-8-14-24(23)26-18-22(16-20-11-5-2-6-12-20)30(32)34-28(26)27(25)33-29/h1-16H,17-18H2/b21-15+,22-16+. The van der Waals surface area contributed by atoms with Crippen molar-refractivity contribution in [3.63, 3.8) is 0 Å². The van der Waals surface area contributed by atoms with E-state index in [9.17, 15) is 9.59 Å². The lowest BCUT2D eigenvalue weighted by atomic mass is 9.87. The molecular formula is C30H20O4. The van der Waals surface area contributed by atoms with Gasteiger partial charge in [0, 0.05) is 35.1 Å². The van der Waals surface area contributed by atoms with Gasteiger partial charge in [0.2, 0.25) is 0 Å². The van der Waals surface area contributed by atoms with Crippen molar-refractivity contribution in [1.82, 2.24) is 0 Å². The molecule has 4 aromatic rings. The normalized spacial score (nSPS) is 17.3. The second kappa shape index (κ2) is 8.16. The van der Waals surface area contributed by atoms with Crippen molar-refractivity contribution < 1.29 is 19.1 Å². The molecule has 2 aliphatic heterocycles. The van der Waals surface area contributed by atoms with Crippen molar-refractivity contribution in [2.45, 2.75) is 12.8 Å². The molecule has 0 aliphatic carbocycles. The Balaban J connectivity index is 1.49. The van der Waals surface area contributed by atoms with Crippen LogP contribution in [0.25, 0.3) is 22.9 Å². The van der Waals surface area contributed by atoms with Crippen LogP contribution in [0.2, 0.25) is 0 Å². The zero-order valence-electron chi connectivity index (χ0n) is 18.3. The van der Waals surface area contributed by atoms with E-state index in [1.165, 1.54) is 0 Å². The molecule has 6 rings (SSSR count). The van der Waals surface area contributed by atoms with Crippen LogP contribution in [0.1, 0.15) is 22.3 Å². The summed E-state index contributed by atoms with van der Waals surface area (Å²) in [5.74, 6) is -0.127. The third-order valence-electron chi connectivity index (χ3n) is 6.26. The molecule has 0 saturated carbocycles. The summed E-state index contributed by atoms with van der Waals surface area (Å²) in [6, 6.07) is 27.4. The van der Waals surface area contributed by atoms with Crippen LogP contribution in [0, 0.1) is 0 Å². The highest BCUT2D eigenvalue weighted by atomic mass is 16.6. The van der Waals surface area contributed by atoms with Gasteiger partial charge in [-0.15, -0.1) is 0 Å². The molecule has 4 aromatic carbocycles. The molecular weight excluding hydrogens is 424 g/mol. The number of ether oxygens (including phenoxy) is 2. The van der Waals surface area contributed by atoms with Crippen molar-refractivity contribution in [3.8, 4) is 11.5 Å². The summed E-state index contributed by atoms with van der Waals surface area (Å²) in [4.78, 5) is 25.9. The summed E-state index contributed by atoms with van der Waals surface area (Å²) >= 11 is 0. The van der Waals surface area contributed by atoms with Gasteiger partial charge in [-0.25, -0.2) is 9.59 Å². The van der Waals surface area contributed by atoms with Crippen molar-refractivity contribution in [2.75, 3.05) is 0 Å². The maximum atomic E-state index is 12.9. The van der Waals surface area contributed by atoms with E-state index >= 15 is 0 Å². The molecule has 0 amide bonds. The molecule has 34 heavy (non-hydrogen) atoms. The predicted octanol–water partition coefficient (Wildman–Crippen LogP) is 5.93. The van der Waals surface area contributed by atoms with Gasteiger partial charge in [-0.3, -0.25) is 0 Å². The summed E-state index contributed by atoms with van der Waals surface area (Å²) < 4.78 is 11.6. The van der Waals surface area contributed by atoms with E-state index in [1.54, 1.807) is 0 Å². The number of fused-ring (bicyclic) bond motifs is 6. The van der Waals surface area contributed by atoms with Crippen LogP contribution >= 0.6 is 0 Å². The Morgan fingerprint density at radius 3 is 1.32 bits per heavy atom. The maximum absolute atomic E-state index is 12.9. The maximum Gasteiger partial charge on any atom is 0.339 e. The summed E-state index contributed by atoms with van der Waals surface area (Å²) in [5, 5.41) is 2.00. The van der Waals surface area contributed by atoms with Crippen molar-refractivity contribution >= 4 is 34.9 Å². The van der Waals surface area contributed by atoms with E-state index in [4.69, 9.17) is 9.47 Å². The van der Waals surface area contributed by atoms with E-state index in [1.807, 2.05) is 97.1 Å². The SMILES string of the molecule is O=C1Oc2c3c(c4ccccc4c2C/C1=C\c1ccccc1)C/C(=C\c1ccccc1)C(=O)O3. The summed E-state index contributed by atoms with van der Waals surface area (Å²) in [6.45, 7) is 0. The Hall–Kier alpha value is -4.44. The van der Waals surface area contributed by atoms with Gasteiger partial charge in [-0.05, 0) is 34.1 Å². The molecule has 0 radical (unpaired) electrons. The molecule has 0 spiro atoms. The monoisotopic (exact) mass is 444 g/mol. The summed E-state index contributed by atoms with van der Waals surface area (Å²) in [7, 11) is 0. The van der Waals surface area contributed by atoms with Crippen LogP contribution in [-0.4, -0.2) is 11.9 Å². The highest BCUT2D eigenvalue weighted by molar-refractivity contribution is 6.06. The molecule has 0 atom stereocenters. The number of rotatable bonds is 2. The van der Waals surface area contributed by atoms with Crippen molar-refractivity contribution in [3.05, 3.63) is 118 Å². The van der Waals surface area contributed by atoms with Gasteiger partial charge in [0.15, 0.2) is 11.5 Å². The number of carbonyl (C=O) groups excluding carboxylic acids is 2. The van der Waals surface area contributed by atoms with E-state index < -0.39 is 11.9 Å². The lowest BCUT2D eigenvalue weighted by Crippen LogP contribution is -2.25. The van der Waals surface area contributed by atoms with Crippen LogP contribution in [0.4, 0.5) is 0 Å². The fourth-order valence-electron chi connectivity index (χ4n) is 4.66. The molecule has 0 bridgehead atoms. The lowest BCUT2D eigenvalue weighted by molar-refractivity contribution is -0.133. The highest BCUT2D eigenvalue weighted by Gasteiger charge is 2.34. The zero-order valence-corrected chi connectivity index (χ0v) is 18.3. The second-order valence-electron chi connectivity index (χ2n) is 8.45. The smallest absolute Gasteiger partial charge is 0.339 e. The van der Waals surface area contributed by atoms with Gasteiger partial charge in [0.05, 0.1) is 0 Å². The van der Waals surface area contributed by atoms with Crippen LogP contribution in [-0.2, 0) is 22.4 Å². The largest absolute Gasteiger partial charge is 0.419 e. The van der Waals surface area contributed by atoms with Gasteiger partial charge < -0.3 is 9.47 Å². The molecule has 0 aromatic heterocycles. The molecule has 0 unspecified atom stereocenters. The summed E-state index contributed by atoms with van der Waals surface area (Å²) in [5.41, 5.74) is 4.72. The average molecular weight is 444 g/mol. The van der Waals surface area contributed by atoms with E-state index in [0.29, 0.717) is 35.5 Å². The first-order valence-corrected chi connectivity index (χ1v) is 11.2. The first-order chi connectivity index (χ1) is 16.7. The minimum atomic E-state index is -0.421. The molecule has 4 heteroatoms.